The van der Waals surface area contributed by atoms with Crippen LogP contribution in [0.15, 0.2) is 76.7 Å². The van der Waals surface area contributed by atoms with Crippen LogP contribution in [0.1, 0.15) is 16.8 Å². The SMILES string of the molecule is N#C/C(=C1/Cc2ccccc2S1)c1ccnc(NCCc2ccccc2)n1. The highest BCUT2D eigenvalue weighted by Crippen LogP contribution is 2.43. The highest BCUT2D eigenvalue weighted by atomic mass is 32.2. The fraction of sp³-hybridized carbons (Fsp3) is 0.136. The molecule has 3 aromatic rings. The van der Waals surface area contributed by atoms with Gasteiger partial charge in [-0.25, -0.2) is 9.97 Å². The van der Waals surface area contributed by atoms with E-state index >= 15 is 0 Å². The highest BCUT2D eigenvalue weighted by Gasteiger charge is 2.21. The van der Waals surface area contributed by atoms with Crippen LogP contribution in [-0.4, -0.2) is 16.5 Å². The Bertz CT molecular complexity index is 995. The highest BCUT2D eigenvalue weighted by molar-refractivity contribution is 8.03. The van der Waals surface area contributed by atoms with Crippen molar-refractivity contribution in [2.45, 2.75) is 17.7 Å². The molecule has 1 N–H and O–H groups in total. The second-order valence-corrected chi connectivity index (χ2v) is 7.36. The third-order valence-corrected chi connectivity index (χ3v) is 5.61. The van der Waals surface area contributed by atoms with E-state index in [-0.39, 0.29) is 0 Å². The van der Waals surface area contributed by atoms with Crippen LogP contribution >= 0.6 is 11.8 Å². The van der Waals surface area contributed by atoms with Crippen LogP contribution in [0.25, 0.3) is 5.57 Å². The van der Waals surface area contributed by atoms with E-state index in [0.717, 1.165) is 24.3 Å². The molecule has 0 bridgehead atoms. The van der Waals surface area contributed by atoms with Crippen LogP contribution in [0.5, 0.6) is 0 Å². The first-order valence-corrected chi connectivity index (χ1v) is 9.65. The molecule has 0 fully saturated rings. The minimum atomic E-state index is 0.553. The van der Waals surface area contributed by atoms with E-state index in [0.29, 0.717) is 17.2 Å². The Labute approximate surface area is 163 Å². The maximum absolute atomic E-state index is 9.73. The van der Waals surface area contributed by atoms with E-state index in [1.807, 2.05) is 30.3 Å². The lowest BCUT2D eigenvalue weighted by molar-refractivity contribution is 0.981. The van der Waals surface area contributed by atoms with Gasteiger partial charge in [-0.1, -0.05) is 60.3 Å². The van der Waals surface area contributed by atoms with Crippen LogP contribution < -0.4 is 5.32 Å². The van der Waals surface area contributed by atoms with Crippen molar-refractivity contribution in [3.05, 3.63) is 88.6 Å². The molecule has 132 valence electrons. The number of anilines is 1. The Morgan fingerprint density at radius 3 is 2.70 bits per heavy atom. The summed E-state index contributed by atoms with van der Waals surface area (Å²) in [6.07, 6.45) is 3.38. The first-order chi connectivity index (χ1) is 13.3. The fourth-order valence-electron chi connectivity index (χ4n) is 3.04. The number of thioether (sulfide) groups is 1. The van der Waals surface area contributed by atoms with Gasteiger partial charge in [0.15, 0.2) is 0 Å². The molecule has 0 aliphatic carbocycles. The number of hydrogen-bond acceptors (Lipinski definition) is 5. The summed E-state index contributed by atoms with van der Waals surface area (Å²) in [5, 5.41) is 13.0. The van der Waals surface area contributed by atoms with Gasteiger partial charge in [-0.15, -0.1) is 0 Å². The molecule has 4 rings (SSSR count). The Hall–Kier alpha value is -3.10. The first-order valence-electron chi connectivity index (χ1n) is 8.84. The average Bonchev–Trinajstić information content (AvgIpc) is 3.13. The Balaban J connectivity index is 1.50. The minimum absolute atomic E-state index is 0.553. The molecule has 1 aromatic heterocycles. The van der Waals surface area contributed by atoms with Crippen LogP contribution in [-0.2, 0) is 12.8 Å². The number of aromatic nitrogens is 2. The third kappa shape index (κ3) is 4.02. The van der Waals surface area contributed by atoms with Gasteiger partial charge in [0.1, 0.15) is 6.07 Å². The van der Waals surface area contributed by atoms with Gasteiger partial charge < -0.3 is 5.32 Å². The molecule has 0 radical (unpaired) electrons. The molecular formula is C22H18N4S. The summed E-state index contributed by atoms with van der Waals surface area (Å²) in [6.45, 7) is 0.742. The van der Waals surface area contributed by atoms with Gasteiger partial charge in [0.05, 0.1) is 11.3 Å². The van der Waals surface area contributed by atoms with E-state index < -0.39 is 0 Å². The van der Waals surface area contributed by atoms with Crippen LogP contribution in [0.3, 0.4) is 0 Å². The summed E-state index contributed by atoms with van der Waals surface area (Å²) in [5.41, 5.74) is 3.83. The largest absolute Gasteiger partial charge is 0.354 e. The van der Waals surface area contributed by atoms with Gasteiger partial charge >= 0.3 is 0 Å². The standard InChI is InChI=1S/C22H18N4S/c23-15-18(21-14-17-8-4-5-9-20(17)27-21)19-11-13-25-22(26-19)24-12-10-16-6-2-1-3-7-16/h1-9,11,13H,10,12,14H2,(H,24,25,26)/b21-18+. The lowest BCUT2D eigenvalue weighted by Gasteiger charge is -2.07. The summed E-state index contributed by atoms with van der Waals surface area (Å²) >= 11 is 1.66. The molecule has 1 aliphatic rings. The number of nitrogens with zero attached hydrogens (tertiary/aromatic N) is 3. The summed E-state index contributed by atoms with van der Waals surface area (Å²) in [6, 6.07) is 22.7. The number of fused-ring (bicyclic) bond motifs is 1. The number of benzene rings is 2. The molecule has 0 unspecified atom stereocenters. The monoisotopic (exact) mass is 370 g/mol. The molecule has 0 saturated carbocycles. The summed E-state index contributed by atoms with van der Waals surface area (Å²) in [4.78, 5) is 11.1. The molecule has 27 heavy (non-hydrogen) atoms. The van der Waals surface area contributed by atoms with E-state index in [1.54, 1.807) is 24.0 Å². The van der Waals surface area contributed by atoms with E-state index in [2.05, 4.69) is 45.6 Å². The van der Waals surface area contributed by atoms with Crippen molar-refractivity contribution in [1.82, 2.24) is 9.97 Å². The van der Waals surface area contributed by atoms with Gasteiger partial charge in [0.2, 0.25) is 5.95 Å². The Morgan fingerprint density at radius 2 is 1.89 bits per heavy atom. The number of nitrogens with one attached hydrogen (secondary N) is 1. The average molecular weight is 370 g/mol. The topological polar surface area (TPSA) is 61.6 Å². The first kappa shape index (κ1) is 17.3. The number of rotatable bonds is 5. The van der Waals surface area contributed by atoms with Crippen molar-refractivity contribution < 1.29 is 0 Å². The van der Waals surface area contributed by atoms with Crippen molar-refractivity contribution in [3.63, 3.8) is 0 Å². The molecule has 5 heteroatoms. The van der Waals surface area contributed by atoms with Gasteiger partial charge in [-0.05, 0) is 29.7 Å². The van der Waals surface area contributed by atoms with Gasteiger partial charge in [0, 0.05) is 29.0 Å². The van der Waals surface area contributed by atoms with Gasteiger partial charge in [0.25, 0.3) is 0 Å². The second kappa shape index (κ2) is 8.07. The molecule has 2 heterocycles. The Kier molecular flexibility index (Phi) is 5.17. The molecule has 4 nitrogen and oxygen atoms in total. The van der Waals surface area contributed by atoms with Crippen molar-refractivity contribution in [2.75, 3.05) is 11.9 Å². The fourth-order valence-corrected chi connectivity index (χ4v) is 4.20. The van der Waals surface area contributed by atoms with Crippen molar-refractivity contribution >= 4 is 23.3 Å². The number of nitriles is 1. The molecule has 2 aromatic carbocycles. The molecule has 0 atom stereocenters. The van der Waals surface area contributed by atoms with Crippen molar-refractivity contribution in [1.29, 1.82) is 5.26 Å². The zero-order chi connectivity index (χ0) is 18.5. The van der Waals surface area contributed by atoms with Crippen LogP contribution in [0.4, 0.5) is 5.95 Å². The van der Waals surface area contributed by atoms with Gasteiger partial charge in [-0.3, -0.25) is 0 Å². The predicted octanol–water partition coefficient (Wildman–Crippen LogP) is 4.71. The molecule has 0 saturated heterocycles. The Morgan fingerprint density at radius 1 is 1.07 bits per heavy atom. The van der Waals surface area contributed by atoms with E-state index in [1.165, 1.54) is 16.0 Å². The third-order valence-electron chi connectivity index (χ3n) is 4.40. The maximum Gasteiger partial charge on any atom is 0.223 e. The van der Waals surface area contributed by atoms with Crippen molar-refractivity contribution in [3.8, 4) is 6.07 Å². The lowest BCUT2D eigenvalue weighted by Crippen LogP contribution is -2.08. The van der Waals surface area contributed by atoms with E-state index in [9.17, 15) is 5.26 Å². The van der Waals surface area contributed by atoms with Crippen molar-refractivity contribution in [2.24, 2.45) is 0 Å². The smallest absolute Gasteiger partial charge is 0.223 e. The minimum Gasteiger partial charge on any atom is -0.354 e. The zero-order valence-corrected chi connectivity index (χ0v) is 15.5. The lowest BCUT2D eigenvalue weighted by atomic mass is 10.1. The summed E-state index contributed by atoms with van der Waals surface area (Å²) in [5.74, 6) is 0.553. The maximum atomic E-state index is 9.73. The zero-order valence-electron chi connectivity index (χ0n) is 14.7. The van der Waals surface area contributed by atoms with Crippen LogP contribution in [0.2, 0.25) is 0 Å². The number of allylic oxidation sites excluding steroid dienone is 2. The molecule has 1 aliphatic heterocycles. The quantitative estimate of drug-likeness (QED) is 0.659. The second-order valence-electron chi connectivity index (χ2n) is 6.22. The predicted molar refractivity (Wildman–Crippen MR) is 109 cm³/mol. The number of hydrogen-bond donors (Lipinski definition) is 1. The molecule has 0 spiro atoms. The van der Waals surface area contributed by atoms with Gasteiger partial charge in [-0.2, -0.15) is 5.26 Å². The molecular weight excluding hydrogens is 352 g/mol. The molecule has 0 amide bonds. The normalized spacial score (nSPS) is 14.3. The van der Waals surface area contributed by atoms with E-state index in [4.69, 9.17) is 0 Å². The van der Waals surface area contributed by atoms with Crippen LogP contribution in [0, 0.1) is 11.3 Å². The summed E-state index contributed by atoms with van der Waals surface area (Å²) < 4.78 is 0. The summed E-state index contributed by atoms with van der Waals surface area (Å²) in [7, 11) is 0.